The van der Waals surface area contributed by atoms with Crippen LogP contribution in [-0.4, -0.2) is 6.47 Å². The molecule has 12 heavy (non-hydrogen) atoms. The van der Waals surface area contributed by atoms with E-state index < -0.39 is 0 Å². The summed E-state index contributed by atoms with van der Waals surface area (Å²) in [5.74, 6) is 1.07. The zero-order chi connectivity index (χ0) is 8.97. The molecule has 2 nitrogen and oxygen atoms in total. The van der Waals surface area contributed by atoms with Gasteiger partial charge in [0.2, 0.25) is 0 Å². The highest BCUT2D eigenvalue weighted by molar-refractivity contribution is 5.45. The molecule has 0 radical (unpaired) electrons. The Kier molecular flexibility index (Phi) is 2.86. The highest BCUT2D eigenvalue weighted by Crippen LogP contribution is 2.19. The van der Waals surface area contributed by atoms with E-state index in [9.17, 15) is 4.79 Å². The van der Waals surface area contributed by atoms with Crippen molar-refractivity contribution >= 4 is 6.47 Å². The van der Waals surface area contributed by atoms with Crippen LogP contribution in [0, 0.1) is 0 Å². The third-order valence-electron chi connectivity index (χ3n) is 1.71. The lowest BCUT2D eigenvalue weighted by molar-refractivity contribution is -0.120. The van der Waals surface area contributed by atoms with Gasteiger partial charge in [0, 0.05) is 0 Å². The topological polar surface area (TPSA) is 26.3 Å². The van der Waals surface area contributed by atoms with E-state index in [4.69, 9.17) is 4.74 Å². The molecule has 2 heteroatoms. The lowest BCUT2D eigenvalue weighted by atomic mass is 10.0. The fraction of sp³-hybridized carbons (Fsp3) is 0.300. The maximum Gasteiger partial charge on any atom is 0.298 e. The van der Waals surface area contributed by atoms with Crippen LogP contribution in [0.4, 0.5) is 0 Å². The van der Waals surface area contributed by atoms with Gasteiger partial charge in [0.05, 0.1) is 0 Å². The first-order chi connectivity index (χ1) is 5.74. The first-order valence-electron chi connectivity index (χ1n) is 3.94. The molecule has 1 rings (SSSR count). The predicted octanol–water partition coefficient (Wildman–Crippen LogP) is 2.35. The van der Waals surface area contributed by atoms with Gasteiger partial charge in [-0.05, 0) is 23.6 Å². The maximum atomic E-state index is 10.0. The molecule has 0 aliphatic rings. The van der Waals surface area contributed by atoms with Crippen molar-refractivity contribution in [2.24, 2.45) is 0 Å². The summed E-state index contributed by atoms with van der Waals surface area (Å²) in [6.45, 7) is 4.64. The zero-order valence-electron chi connectivity index (χ0n) is 7.28. The zero-order valence-corrected chi connectivity index (χ0v) is 7.28. The number of carbonyl (C=O) groups excluding carboxylic acids is 1. The van der Waals surface area contributed by atoms with Crippen molar-refractivity contribution in [2.45, 2.75) is 19.8 Å². The van der Waals surface area contributed by atoms with Crippen LogP contribution in [0.5, 0.6) is 5.75 Å². The van der Waals surface area contributed by atoms with Crippen LogP contribution in [0.2, 0.25) is 0 Å². The molecule has 0 fully saturated rings. The Morgan fingerprint density at radius 3 is 2.75 bits per heavy atom. The van der Waals surface area contributed by atoms with E-state index in [1.807, 2.05) is 18.2 Å². The van der Waals surface area contributed by atoms with Crippen LogP contribution in [-0.2, 0) is 4.79 Å². The molecule has 64 valence electrons. The summed E-state index contributed by atoms with van der Waals surface area (Å²) in [7, 11) is 0. The first-order valence-corrected chi connectivity index (χ1v) is 3.94. The molecule has 1 aromatic carbocycles. The quantitative estimate of drug-likeness (QED) is 0.641. The Labute approximate surface area is 72.2 Å². The van der Waals surface area contributed by atoms with Crippen LogP contribution < -0.4 is 4.74 Å². The molecule has 0 spiro atoms. The Morgan fingerprint density at radius 1 is 1.42 bits per heavy atom. The van der Waals surface area contributed by atoms with Crippen molar-refractivity contribution in [1.82, 2.24) is 0 Å². The van der Waals surface area contributed by atoms with Crippen LogP contribution in [0.3, 0.4) is 0 Å². The van der Waals surface area contributed by atoms with Gasteiger partial charge in [-0.15, -0.1) is 0 Å². The molecule has 0 aromatic heterocycles. The molecular weight excluding hydrogens is 152 g/mol. The largest absolute Gasteiger partial charge is 0.429 e. The monoisotopic (exact) mass is 164 g/mol. The average Bonchev–Trinajstić information content (AvgIpc) is 2.05. The smallest absolute Gasteiger partial charge is 0.298 e. The molecule has 0 amide bonds. The minimum atomic E-state index is 0.444. The summed E-state index contributed by atoms with van der Waals surface area (Å²) in [6.07, 6.45) is 0. The third kappa shape index (κ3) is 2.09. The second kappa shape index (κ2) is 3.90. The van der Waals surface area contributed by atoms with Gasteiger partial charge in [0.25, 0.3) is 6.47 Å². The molecule has 0 atom stereocenters. The van der Waals surface area contributed by atoms with Crippen LogP contribution >= 0.6 is 0 Å². The van der Waals surface area contributed by atoms with Gasteiger partial charge in [-0.3, -0.25) is 4.79 Å². The molecule has 0 heterocycles. The lowest BCUT2D eigenvalue weighted by Crippen LogP contribution is -1.91. The van der Waals surface area contributed by atoms with E-state index in [2.05, 4.69) is 13.8 Å². The molecule has 0 saturated carbocycles. The second-order valence-corrected chi connectivity index (χ2v) is 2.94. The Hall–Kier alpha value is -1.31. The van der Waals surface area contributed by atoms with Crippen molar-refractivity contribution in [3.63, 3.8) is 0 Å². The summed E-state index contributed by atoms with van der Waals surface area (Å²) in [6, 6.07) is 7.54. The molecule has 0 aliphatic carbocycles. The van der Waals surface area contributed by atoms with Gasteiger partial charge in [0.15, 0.2) is 0 Å². The molecule has 1 aromatic rings. The fourth-order valence-electron chi connectivity index (χ4n) is 1.00. The maximum absolute atomic E-state index is 10.0. The van der Waals surface area contributed by atoms with Gasteiger partial charge in [-0.1, -0.05) is 26.0 Å². The number of carbonyl (C=O) groups is 1. The molecule has 0 unspecified atom stereocenters. The number of rotatable bonds is 3. The van der Waals surface area contributed by atoms with Crippen LogP contribution in [0.25, 0.3) is 0 Å². The normalized spacial score (nSPS) is 9.92. The summed E-state index contributed by atoms with van der Waals surface area (Å²) in [4.78, 5) is 10.0. The first kappa shape index (κ1) is 8.78. The van der Waals surface area contributed by atoms with E-state index in [0.29, 0.717) is 18.1 Å². The van der Waals surface area contributed by atoms with Gasteiger partial charge >= 0.3 is 0 Å². The standard InChI is InChI=1S/C10H12O2/c1-8(2)9-4-3-5-10(6-9)12-7-11/h3-8H,1-2H3. The average molecular weight is 164 g/mol. The van der Waals surface area contributed by atoms with E-state index in [0.717, 1.165) is 0 Å². The molecule has 0 saturated heterocycles. The van der Waals surface area contributed by atoms with Crippen molar-refractivity contribution in [2.75, 3.05) is 0 Å². The Bertz CT molecular complexity index is 266. The Morgan fingerprint density at radius 2 is 2.17 bits per heavy atom. The summed E-state index contributed by atoms with van der Waals surface area (Å²) < 4.78 is 4.72. The van der Waals surface area contributed by atoms with E-state index >= 15 is 0 Å². The summed E-state index contributed by atoms with van der Waals surface area (Å²) >= 11 is 0. The van der Waals surface area contributed by atoms with Crippen molar-refractivity contribution in [3.8, 4) is 5.75 Å². The summed E-state index contributed by atoms with van der Waals surface area (Å²) in [5, 5.41) is 0. The number of hydrogen-bond acceptors (Lipinski definition) is 2. The highest BCUT2D eigenvalue weighted by atomic mass is 16.5. The highest BCUT2D eigenvalue weighted by Gasteiger charge is 1.99. The van der Waals surface area contributed by atoms with Crippen molar-refractivity contribution in [3.05, 3.63) is 29.8 Å². The lowest BCUT2D eigenvalue weighted by Gasteiger charge is -2.05. The van der Waals surface area contributed by atoms with Crippen LogP contribution in [0.1, 0.15) is 25.3 Å². The fourth-order valence-corrected chi connectivity index (χ4v) is 1.00. The molecular formula is C10H12O2. The second-order valence-electron chi connectivity index (χ2n) is 2.94. The number of ether oxygens (including phenoxy) is 1. The molecule has 0 aliphatic heterocycles. The van der Waals surface area contributed by atoms with Crippen LogP contribution in [0.15, 0.2) is 24.3 Å². The molecule has 0 bridgehead atoms. The third-order valence-corrected chi connectivity index (χ3v) is 1.71. The minimum Gasteiger partial charge on any atom is -0.429 e. The molecule has 0 N–H and O–H groups in total. The predicted molar refractivity (Wildman–Crippen MR) is 47.2 cm³/mol. The van der Waals surface area contributed by atoms with Crippen molar-refractivity contribution < 1.29 is 9.53 Å². The SMILES string of the molecule is CC(C)c1cccc(OC=O)c1. The van der Waals surface area contributed by atoms with E-state index in [-0.39, 0.29) is 0 Å². The minimum absolute atomic E-state index is 0.444. The Balaban J connectivity index is 2.87. The van der Waals surface area contributed by atoms with E-state index in [1.165, 1.54) is 5.56 Å². The number of hydrogen-bond donors (Lipinski definition) is 0. The number of benzene rings is 1. The van der Waals surface area contributed by atoms with E-state index in [1.54, 1.807) is 6.07 Å². The summed E-state index contributed by atoms with van der Waals surface area (Å²) in [5.41, 5.74) is 1.18. The van der Waals surface area contributed by atoms with Gasteiger partial charge in [0.1, 0.15) is 5.75 Å². The van der Waals surface area contributed by atoms with Gasteiger partial charge in [-0.2, -0.15) is 0 Å². The van der Waals surface area contributed by atoms with Gasteiger partial charge in [-0.25, -0.2) is 0 Å². The van der Waals surface area contributed by atoms with Crippen molar-refractivity contribution in [1.29, 1.82) is 0 Å². The van der Waals surface area contributed by atoms with Gasteiger partial charge < -0.3 is 4.74 Å².